The van der Waals surface area contributed by atoms with Gasteiger partial charge in [0.05, 0.1) is 17.1 Å². The standard InChI is InChI=1S/C7H10N4O3S2/c8-7(9)6-5(4(12)3-15-6)10-1-2-11-16(13)14/h3,10,12H,1-2H2,(H3,8,9). The van der Waals surface area contributed by atoms with Gasteiger partial charge in [-0.2, -0.15) is 12.8 Å². The van der Waals surface area contributed by atoms with Gasteiger partial charge < -0.3 is 16.2 Å². The Morgan fingerprint density at radius 3 is 2.94 bits per heavy atom. The molecule has 1 heterocycles. The van der Waals surface area contributed by atoms with Gasteiger partial charge in [0.1, 0.15) is 11.6 Å². The van der Waals surface area contributed by atoms with E-state index >= 15 is 0 Å². The SMILES string of the molecule is N=C(N)c1scc(O)c1NCCN=S(=O)=O. The van der Waals surface area contributed by atoms with E-state index in [9.17, 15) is 13.5 Å². The molecule has 9 heteroatoms. The van der Waals surface area contributed by atoms with Crippen LogP contribution in [0.1, 0.15) is 4.88 Å². The van der Waals surface area contributed by atoms with Gasteiger partial charge in [-0.25, -0.2) is 0 Å². The Morgan fingerprint density at radius 1 is 1.69 bits per heavy atom. The maximum Gasteiger partial charge on any atom is 0.311 e. The molecule has 0 radical (unpaired) electrons. The summed E-state index contributed by atoms with van der Waals surface area (Å²) < 4.78 is 23.4. The van der Waals surface area contributed by atoms with Gasteiger partial charge in [-0.05, 0) is 0 Å². The summed E-state index contributed by atoms with van der Waals surface area (Å²) in [5.74, 6) is -0.171. The Bertz CT molecular complexity index is 512. The van der Waals surface area contributed by atoms with Crippen LogP contribution in [0.3, 0.4) is 0 Å². The van der Waals surface area contributed by atoms with Gasteiger partial charge in [-0.1, -0.05) is 0 Å². The maximum absolute atomic E-state index is 10.1. The van der Waals surface area contributed by atoms with Gasteiger partial charge in [-0.3, -0.25) is 5.41 Å². The van der Waals surface area contributed by atoms with Crippen molar-refractivity contribution in [2.24, 2.45) is 10.1 Å². The van der Waals surface area contributed by atoms with Crippen molar-refractivity contribution in [2.45, 2.75) is 0 Å². The van der Waals surface area contributed by atoms with E-state index in [1.165, 1.54) is 5.38 Å². The molecule has 88 valence electrons. The molecule has 0 amide bonds. The van der Waals surface area contributed by atoms with Crippen LogP contribution in [0.15, 0.2) is 9.74 Å². The molecule has 0 atom stereocenters. The smallest absolute Gasteiger partial charge is 0.311 e. The number of aromatic hydroxyl groups is 1. The summed E-state index contributed by atoms with van der Waals surface area (Å²) in [6, 6.07) is 0. The van der Waals surface area contributed by atoms with Crippen LogP contribution in [-0.2, 0) is 10.5 Å². The number of amidine groups is 1. The van der Waals surface area contributed by atoms with Crippen molar-refractivity contribution in [2.75, 3.05) is 18.4 Å². The summed E-state index contributed by atoms with van der Waals surface area (Å²) in [7, 11) is -2.43. The predicted molar refractivity (Wildman–Crippen MR) is 61.7 cm³/mol. The molecule has 0 aliphatic heterocycles. The van der Waals surface area contributed by atoms with E-state index in [1.54, 1.807) is 0 Å². The molecule has 0 saturated heterocycles. The predicted octanol–water partition coefficient (Wildman–Crippen LogP) is 0.212. The van der Waals surface area contributed by atoms with Crippen molar-refractivity contribution < 1.29 is 13.5 Å². The molecule has 7 nitrogen and oxygen atoms in total. The van der Waals surface area contributed by atoms with E-state index in [2.05, 4.69) is 9.68 Å². The number of rotatable bonds is 5. The Morgan fingerprint density at radius 2 is 2.38 bits per heavy atom. The number of anilines is 1. The minimum Gasteiger partial charge on any atom is -0.505 e. The van der Waals surface area contributed by atoms with Gasteiger partial charge in [0.25, 0.3) is 0 Å². The molecule has 5 N–H and O–H groups in total. The van der Waals surface area contributed by atoms with E-state index in [4.69, 9.17) is 11.1 Å². The molecule has 16 heavy (non-hydrogen) atoms. The van der Waals surface area contributed by atoms with Crippen LogP contribution in [0, 0.1) is 5.41 Å². The van der Waals surface area contributed by atoms with Crippen molar-refractivity contribution in [1.29, 1.82) is 5.41 Å². The Hall–Kier alpha value is -1.61. The Kier molecular flexibility index (Phi) is 4.26. The molecule has 0 aliphatic carbocycles. The minimum atomic E-state index is -2.43. The zero-order chi connectivity index (χ0) is 12.1. The first kappa shape index (κ1) is 12.5. The number of nitrogens with two attached hydrogens (primary N) is 1. The van der Waals surface area contributed by atoms with E-state index < -0.39 is 10.5 Å². The fourth-order valence-corrected chi connectivity index (χ4v) is 2.03. The van der Waals surface area contributed by atoms with Gasteiger partial charge >= 0.3 is 10.5 Å². The summed E-state index contributed by atoms with van der Waals surface area (Å²) in [5, 5.41) is 20.9. The lowest BCUT2D eigenvalue weighted by Crippen LogP contribution is -2.13. The second kappa shape index (κ2) is 5.47. The van der Waals surface area contributed by atoms with E-state index in [0.29, 0.717) is 10.6 Å². The lowest BCUT2D eigenvalue weighted by atomic mass is 10.3. The first-order valence-electron chi connectivity index (χ1n) is 4.18. The van der Waals surface area contributed by atoms with E-state index in [1.807, 2.05) is 0 Å². The number of nitrogens with zero attached hydrogens (tertiary/aromatic N) is 1. The summed E-state index contributed by atoms with van der Waals surface area (Å²) in [4.78, 5) is 0.417. The molecular weight excluding hydrogens is 252 g/mol. The van der Waals surface area contributed by atoms with Crippen LogP contribution in [0.2, 0.25) is 0 Å². The van der Waals surface area contributed by atoms with Gasteiger partial charge in [0.15, 0.2) is 0 Å². The number of thiophene rings is 1. The number of nitrogen functional groups attached to an aromatic ring is 1. The molecule has 1 rings (SSSR count). The van der Waals surface area contributed by atoms with Crippen molar-refractivity contribution in [3.63, 3.8) is 0 Å². The first-order valence-corrected chi connectivity index (χ1v) is 6.09. The molecule has 0 aliphatic rings. The molecule has 1 aromatic heterocycles. The van der Waals surface area contributed by atoms with Crippen LogP contribution < -0.4 is 11.1 Å². The average molecular weight is 262 g/mol. The molecule has 0 bridgehead atoms. The van der Waals surface area contributed by atoms with E-state index in [0.717, 1.165) is 11.3 Å². The number of hydrogen-bond donors (Lipinski definition) is 4. The van der Waals surface area contributed by atoms with Crippen LogP contribution >= 0.6 is 11.3 Å². The highest BCUT2D eigenvalue weighted by Crippen LogP contribution is 2.33. The van der Waals surface area contributed by atoms with E-state index in [-0.39, 0.29) is 24.7 Å². The third-order valence-corrected chi connectivity index (χ3v) is 3.02. The summed E-state index contributed by atoms with van der Waals surface area (Å²) in [6.45, 7) is 0.293. The van der Waals surface area contributed by atoms with Gasteiger partial charge in [-0.15, -0.1) is 11.3 Å². The fraction of sp³-hybridized carbons (Fsp3) is 0.286. The molecule has 1 aromatic rings. The van der Waals surface area contributed by atoms with Gasteiger partial charge in [0.2, 0.25) is 0 Å². The average Bonchev–Trinajstić information content (AvgIpc) is 2.54. The third-order valence-electron chi connectivity index (χ3n) is 1.63. The third kappa shape index (κ3) is 3.21. The Balaban J connectivity index is 2.69. The summed E-state index contributed by atoms with van der Waals surface area (Å²) in [6.07, 6.45) is 0. The van der Waals surface area contributed by atoms with Gasteiger partial charge in [0, 0.05) is 11.9 Å². The van der Waals surface area contributed by atoms with Crippen molar-refractivity contribution in [3.8, 4) is 5.75 Å². The lowest BCUT2D eigenvalue weighted by Gasteiger charge is -2.05. The van der Waals surface area contributed by atoms with Crippen LogP contribution in [0.25, 0.3) is 0 Å². The van der Waals surface area contributed by atoms with Crippen LogP contribution in [0.5, 0.6) is 5.75 Å². The van der Waals surface area contributed by atoms with Crippen molar-refractivity contribution in [1.82, 2.24) is 0 Å². The zero-order valence-electron chi connectivity index (χ0n) is 8.10. The molecule has 0 unspecified atom stereocenters. The Labute approximate surface area is 97.1 Å². The second-order valence-corrected chi connectivity index (χ2v) is 4.31. The minimum absolute atomic E-state index is 0.0153. The monoisotopic (exact) mass is 262 g/mol. The number of hydrogen-bond acceptors (Lipinski definition) is 7. The largest absolute Gasteiger partial charge is 0.505 e. The zero-order valence-corrected chi connectivity index (χ0v) is 9.73. The highest BCUT2D eigenvalue weighted by Gasteiger charge is 2.12. The molecule has 0 saturated carbocycles. The summed E-state index contributed by atoms with van der Waals surface area (Å²) >= 11 is 1.13. The first-order chi connectivity index (χ1) is 7.52. The molecule has 0 fully saturated rings. The fourth-order valence-electron chi connectivity index (χ4n) is 1.02. The molecule has 0 aromatic carbocycles. The van der Waals surface area contributed by atoms with Crippen molar-refractivity contribution in [3.05, 3.63) is 10.3 Å². The number of nitrogens with one attached hydrogen (secondary N) is 2. The van der Waals surface area contributed by atoms with Crippen LogP contribution in [-0.4, -0.2) is 32.4 Å². The normalized spacial score (nSPS) is 9.75. The lowest BCUT2D eigenvalue weighted by molar-refractivity contribution is 0.479. The molecular formula is C7H10N4O3S2. The molecule has 0 spiro atoms. The highest BCUT2D eigenvalue weighted by molar-refractivity contribution is 7.61. The second-order valence-electron chi connectivity index (χ2n) is 2.74. The van der Waals surface area contributed by atoms with Crippen LogP contribution in [0.4, 0.5) is 5.69 Å². The topological polar surface area (TPSA) is 129 Å². The highest BCUT2D eigenvalue weighted by atomic mass is 32.2. The quantitative estimate of drug-likeness (QED) is 0.342. The maximum atomic E-state index is 10.1. The summed E-state index contributed by atoms with van der Waals surface area (Å²) in [5.41, 5.74) is 5.64. The van der Waals surface area contributed by atoms with Crippen molar-refractivity contribution >= 4 is 33.4 Å².